The highest BCUT2D eigenvalue weighted by molar-refractivity contribution is 5.54. The molecular formula is C20H28N6O. The lowest BCUT2D eigenvalue weighted by atomic mass is 10.0. The Bertz CT molecular complexity index is 774. The van der Waals surface area contributed by atoms with Crippen molar-refractivity contribution in [1.29, 1.82) is 0 Å². The van der Waals surface area contributed by atoms with E-state index in [1.807, 2.05) is 37.5 Å². The van der Waals surface area contributed by atoms with Crippen LogP contribution in [-0.2, 0) is 19.5 Å². The molecule has 0 radical (unpaired) electrons. The van der Waals surface area contributed by atoms with E-state index in [4.69, 9.17) is 9.97 Å². The molecule has 4 rings (SSSR count). The van der Waals surface area contributed by atoms with Gasteiger partial charge in [0.2, 0.25) is 5.95 Å². The van der Waals surface area contributed by atoms with Crippen LogP contribution < -0.4 is 9.80 Å². The van der Waals surface area contributed by atoms with Gasteiger partial charge in [0.1, 0.15) is 5.82 Å². The zero-order valence-electron chi connectivity index (χ0n) is 16.2. The van der Waals surface area contributed by atoms with E-state index in [1.165, 1.54) is 11.1 Å². The summed E-state index contributed by atoms with van der Waals surface area (Å²) in [6.07, 6.45) is 6.10. The maximum atomic E-state index is 9.88. The SMILES string of the molecule is CN(C)c1nc2c(c(N3CCC(O)CC3)n1)CN(Cc1cccnc1)CC2. The van der Waals surface area contributed by atoms with Crippen LogP contribution in [0.4, 0.5) is 11.8 Å². The number of hydrogen-bond acceptors (Lipinski definition) is 7. The highest BCUT2D eigenvalue weighted by Gasteiger charge is 2.27. The van der Waals surface area contributed by atoms with Crippen molar-refractivity contribution in [2.45, 2.75) is 38.5 Å². The van der Waals surface area contributed by atoms with E-state index in [1.54, 1.807) is 0 Å². The van der Waals surface area contributed by atoms with Crippen LogP contribution >= 0.6 is 0 Å². The predicted octanol–water partition coefficient (Wildman–Crippen LogP) is 1.46. The summed E-state index contributed by atoms with van der Waals surface area (Å²) in [5, 5.41) is 9.88. The van der Waals surface area contributed by atoms with Crippen molar-refractivity contribution in [3.8, 4) is 0 Å². The largest absolute Gasteiger partial charge is 0.393 e. The molecule has 2 aromatic heterocycles. The molecule has 0 saturated carbocycles. The van der Waals surface area contributed by atoms with E-state index >= 15 is 0 Å². The molecule has 0 spiro atoms. The van der Waals surface area contributed by atoms with Crippen molar-refractivity contribution >= 4 is 11.8 Å². The van der Waals surface area contributed by atoms with Gasteiger partial charge in [-0.3, -0.25) is 9.88 Å². The number of aliphatic hydroxyl groups is 1. The molecule has 27 heavy (non-hydrogen) atoms. The molecule has 1 N–H and O–H groups in total. The minimum atomic E-state index is -0.186. The molecule has 0 unspecified atom stereocenters. The first-order valence-electron chi connectivity index (χ1n) is 9.71. The average Bonchev–Trinajstić information content (AvgIpc) is 2.68. The van der Waals surface area contributed by atoms with Gasteiger partial charge in [-0.15, -0.1) is 0 Å². The van der Waals surface area contributed by atoms with Gasteiger partial charge in [-0.2, -0.15) is 4.98 Å². The maximum absolute atomic E-state index is 9.88. The molecule has 1 saturated heterocycles. The molecule has 0 aromatic carbocycles. The summed E-state index contributed by atoms with van der Waals surface area (Å²) in [4.78, 5) is 20.7. The summed E-state index contributed by atoms with van der Waals surface area (Å²) in [7, 11) is 3.98. The third kappa shape index (κ3) is 4.04. The highest BCUT2D eigenvalue weighted by Crippen LogP contribution is 2.30. The van der Waals surface area contributed by atoms with Gasteiger partial charge in [-0.05, 0) is 24.5 Å². The fourth-order valence-corrected chi connectivity index (χ4v) is 3.86. The summed E-state index contributed by atoms with van der Waals surface area (Å²) in [5.41, 5.74) is 3.64. The quantitative estimate of drug-likeness (QED) is 0.876. The van der Waals surface area contributed by atoms with Crippen LogP contribution in [0, 0.1) is 0 Å². The van der Waals surface area contributed by atoms with E-state index < -0.39 is 0 Å². The molecule has 7 heteroatoms. The van der Waals surface area contributed by atoms with Crippen molar-refractivity contribution < 1.29 is 5.11 Å². The molecule has 144 valence electrons. The highest BCUT2D eigenvalue weighted by atomic mass is 16.3. The van der Waals surface area contributed by atoms with E-state index in [9.17, 15) is 5.11 Å². The number of hydrogen-bond donors (Lipinski definition) is 1. The van der Waals surface area contributed by atoms with Gasteiger partial charge in [-0.1, -0.05) is 6.07 Å². The number of nitrogens with zero attached hydrogens (tertiary/aromatic N) is 6. The van der Waals surface area contributed by atoms with Crippen molar-refractivity contribution in [1.82, 2.24) is 19.9 Å². The second kappa shape index (κ2) is 7.78. The van der Waals surface area contributed by atoms with Crippen molar-refractivity contribution in [3.63, 3.8) is 0 Å². The Balaban J connectivity index is 1.62. The lowest BCUT2D eigenvalue weighted by Gasteiger charge is -2.36. The van der Waals surface area contributed by atoms with Crippen molar-refractivity contribution in [2.24, 2.45) is 0 Å². The van der Waals surface area contributed by atoms with Crippen LogP contribution in [0.1, 0.15) is 29.7 Å². The zero-order chi connectivity index (χ0) is 18.8. The number of pyridine rings is 1. The fraction of sp³-hybridized carbons (Fsp3) is 0.550. The van der Waals surface area contributed by atoms with Crippen LogP contribution in [0.2, 0.25) is 0 Å². The number of aliphatic hydroxyl groups excluding tert-OH is 1. The first-order valence-corrected chi connectivity index (χ1v) is 9.71. The molecule has 1 fully saturated rings. The molecule has 7 nitrogen and oxygen atoms in total. The van der Waals surface area contributed by atoms with Gasteiger partial charge in [0.15, 0.2) is 0 Å². The second-order valence-electron chi connectivity index (χ2n) is 7.71. The maximum Gasteiger partial charge on any atom is 0.227 e. The van der Waals surface area contributed by atoms with Gasteiger partial charge in [0, 0.05) is 71.2 Å². The number of aromatic nitrogens is 3. The number of rotatable bonds is 4. The van der Waals surface area contributed by atoms with Crippen LogP contribution in [0.25, 0.3) is 0 Å². The molecule has 0 aliphatic carbocycles. The molecule has 2 aliphatic heterocycles. The number of fused-ring (bicyclic) bond motifs is 1. The predicted molar refractivity (Wildman–Crippen MR) is 106 cm³/mol. The Kier molecular flexibility index (Phi) is 5.22. The lowest BCUT2D eigenvalue weighted by Crippen LogP contribution is -2.39. The van der Waals surface area contributed by atoms with E-state index in [2.05, 4.69) is 20.9 Å². The topological polar surface area (TPSA) is 68.6 Å². The Hall–Kier alpha value is -2.25. The second-order valence-corrected chi connectivity index (χ2v) is 7.71. The molecular weight excluding hydrogens is 340 g/mol. The van der Waals surface area contributed by atoms with Crippen molar-refractivity contribution in [3.05, 3.63) is 41.3 Å². The summed E-state index contributed by atoms with van der Waals surface area (Å²) in [6, 6.07) is 4.12. The summed E-state index contributed by atoms with van der Waals surface area (Å²) in [5.74, 6) is 1.82. The first-order chi connectivity index (χ1) is 13.1. The number of piperidine rings is 1. The molecule has 4 heterocycles. The van der Waals surface area contributed by atoms with E-state index in [0.717, 1.165) is 69.4 Å². The normalized spacial score (nSPS) is 18.4. The minimum absolute atomic E-state index is 0.186. The number of anilines is 2. The van der Waals surface area contributed by atoms with Gasteiger partial charge in [0.05, 0.1) is 11.8 Å². The van der Waals surface area contributed by atoms with Crippen LogP contribution in [0.5, 0.6) is 0 Å². The molecule has 0 atom stereocenters. The van der Waals surface area contributed by atoms with Gasteiger partial charge >= 0.3 is 0 Å². The van der Waals surface area contributed by atoms with Gasteiger partial charge in [0.25, 0.3) is 0 Å². The summed E-state index contributed by atoms with van der Waals surface area (Å²) < 4.78 is 0. The standard InChI is InChI=1S/C20H28N6O/c1-24(2)20-22-18-7-9-25(13-15-4-3-8-21-12-15)14-17(18)19(23-20)26-10-5-16(27)6-11-26/h3-4,8,12,16,27H,5-7,9-11,13-14H2,1-2H3. The molecule has 0 amide bonds. The summed E-state index contributed by atoms with van der Waals surface area (Å²) in [6.45, 7) is 4.43. The van der Waals surface area contributed by atoms with E-state index in [-0.39, 0.29) is 6.10 Å². The fourth-order valence-electron chi connectivity index (χ4n) is 3.86. The third-order valence-electron chi connectivity index (χ3n) is 5.40. The Morgan fingerprint density at radius 1 is 1.19 bits per heavy atom. The Morgan fingerprint density at radius 2 is 2.00 bits per heavy atom. The smallest absolute Gasteiger partial charge is 0.227 e. The molecule has 2 aromatic rings. The molecule has 2 aliphatic rings. The van der Waals surface area contributed by atoms with Gasteiger partial charge in [-0.25, -0.2) is 4.98 Å². The van der Waals surface area contributed by atoms with Crippen LogP contribution in [-0.4, -0.2) is 64.8 Å². The van der Waals surface area contributed by atoms with Crippen LogP contribution in [0.3, 0.4) is 0 Å². The Morgan fingerprint density at radius 3 is 2.70 bits per heavy atom. The Labute approximate surface area is 160 Å². The lowest BCUT2D eigenvalue weighted by molar-refractivity contribution is 0.145. The summed E-state index contributed by atoms with van der Waals surface area (Å²) >= 11 is 0. The monoisotopic (exact) mass is 368 g/mol. The average molecular weight is 368 g/mol. The van der Waals surface area contributed by atoms with E-state index in [0.29, 0.717) is 0 Å². The third-order valence-corrected chi connectivity index (χ3v) is 5.40. The van der Waals surface area contributed by atoms with Crippen LogP contribution in [0.15, 0.2) is 24.5 Å². The minimum Gasteiger partial charge on any atom is -0.393 e. The van der Waals surface area contributed by atoms with Crippen molar-refractivity contribution in [2.75, 3.05) is 43.5 Å². The first kappa shape index (κ1) is 18.1. The van der Waals surface area contributed by atoms with Gasteiger partial charge < -0.3 is 14.9 Å². The zero-order valence-corrected chi connectivity index (χ0v) is 16.2. The molecule has 0 bridgehead atoms.